The van der Waals surface area contributed by atoms with E-state index < -0.39 is 40.7 Å². The summed E-state index contributed by atoms with van der Waals surface area (Å²) in [6.07, 6.45) is 0. The van der Waals surface area contributed by atoms with Crippen LogP contribution in [0, 0.1) is 13.8 Å². The highest BCUT2D eigenvalue weighted by Crippen LogP contribution is 2.51. The summed E-state index contributed by atoms with van der Waals surface area (Å²) in [6, 6.07) is 13.9. The third-order valence-electron chi connectivity index (χ3n) is 6.27. The van der Waals surface area contributed by atoms with Gasteiger partial charge in [-0.15, -0.1) is 0 Å². The van der Waals surface area contributed by atoms with Crippen molar-refractivity contribution in [3.8, 4) is 11.5 Å². The maximum absolute atomic E-state index is 13.2. The van der Waals surface area contributed by atoms with Crippen molar-refractivity contribution < 1.29 is 42.6 Å². The first kappa shape index (κ1) is 26.1. The molecule has 0 saturated carbocycles. The summed E-state index contributed by atoms with van der Waals surface area (Å²) in [6.45, 7) is 1.82. The van der Waals surface area contributed by atoms with E-state index in [1.165, 1.54) is 18.2 Å². The third kappa shape index (κ3) is 4.76. The Morgan fingerprint density at radius 2 is 1.51 bits per heavy atom. The average Bonchev–Trinajstić information content (AvgIpc) is 3.06. The zero-order chi connectivity index (χ0) is 27.1. The van der Waals surface area contributed by atoms with Crippen LogP contribution in [-0.4, -0.2) is 58.8 Å². The van der Waals surface area contributed by atoms with E-state index in [0.29, 0.717) is 27.8 Å². The van der Waals surface area contributed by atoms with Crippen LogP contribution in [0.15, 0.2) is 59.5 Å². The fourth-order valence-electron chi connectivity index (χ4n) is 4.65. The zero-order valence-corrected chi connectivity index (χ0v) is 20.8. The minimum Gasteiger partial charge on any atom is -0.508 e. The summed E-state index contributed by atoms with van der Waals surface area (Å²) in [7, 11) is -4.21. The monoisotopic (exact) mass is 527 g/mol. The molecule has 1 aliphatic heterocycles. The summed E-state index contributed by atoms with van der Waals surface area (Å²) in [5, 5.41) is 39.4. The Kier molecular flexibility index (Phi) is 6.72. The number of phenols is 2. The van der Waals surface area contributed by atoms with Crippen LogP contribution >= 0.6 is 0 Å². The largest absolute Gasteiger partial charge is 0.508 e. The molecule has 0 spiro atoms. The van der Waals surface area contributed by atoms with Crippen LogP contribution < -0.4 is 0 Å². The molecule has 37 heavy (non-hydrogen) atoms. The van der Waals surface area contributed by atoms with Gasteiger partial charge in [0.1, 0.15) is 16.4 Å². The van der Waals surface area contributed by atoms with Crippen molar-refractivity contribution in [2.45, 2.75) is 30.9 Å². The fourth-order valence-corrected chi connectivity index (χ4v) is 6.07. The summed E-state index contributed by atoms with van der Waals surface area (Å²) in [4.78, 5) is 23.7. The van der Waals surface area contributed by atoms with Crippen LogP contribution in [0.2, 0.25) is 0 Å². The summed E-state index contributed by atoms with van der Waals surface area (Å²) in [5.74, 6) is -2.67. The predicted octanol–water partition coefficient (Wildman–Crippen LogP) is 2.70. The Morgan fingerprint density at radius 3 is 2.14 bits per heavy atom. The molecule has 4 N–H and O–H groups in total. The molecule has 0 aliphatic carbocycles. The highest BCUT2D eigenvalue weighted by atomic mass is 32.2. The van der Waals surface area contributed by atoms with Crippen LogP contribution in [0.25, 0.3) is 0 Å². The van der Waals surface area contributed by atoms with Gasteiger partial charge >= 0.3 is 11.9 Å². The molecule has 3 aromatic carbocycles. The lowest BCUT2D eigenvalue weighted by atomic mass is 9.78. The number of aromatic hydroxyl groups is 2. The fraction of sp³-hybridized carbons (Fsp3) is 0.231. The van der Waals surface area contributed by atoms with E-state index >= 15 is 0 Å². The molecule has 3 aromatic rings. The molecular weight excluding hydrogens is 502 g/mol. The standard InChI is InChI=1S/C26H25NO9S/c1-15-9-18(7-8-21(15)28)26(20-5-3-4-6-22(20)37(34,35)36-26)19-10-16(2)25(33)17(11-19)12-27(13-23(29)30)14-24(31)32/h3-11,28,33H,12-14H2,1-2H3,(H,29,30)(H,31,32). The number of phenolic OH excluding ortho intramolecular Hbond substituents is 2. The van der Waals surface area contributed by atoms with E-state index in [9.17, 15) is 38.4 Å². The summed E-state index contributed by atoms with van der Waals surface area (Å²) >= 11 is 0. The molecule has 0 aromatic heterocycles. The Bertz CT molecular complexity index is 1500. The number of carbonyl (C=O) groups is 2. The average molecular weight is 528 g/mol. The van der Waals surface area contributed by atoms with Gasteiger partial charge in [-0.2, -0.15) is 8.42 Å². The molecule has 0 bridgehead atoms. The van der Waals surface area contributed by atoms with Crippen LogP contribution in [-0.2, 0) is 36.0 Å². The number of nitrogens with zero attached hydrogens (tertiary/aromatic N) is 1. The molecule has 4 rings (SSSR count). The van der Waals surface area contributed by atoms with E-state index in [1.54, 1.807) is 50.2 Å². The number of rotatable bonds is 8. The van der Waals surface area contributed by atoms with Crippen LogP contribution in [0.3, 0.4) is 0 Å². The molecule has 10 nitrogen and oxygen atoms in total. The molecule has 1 atom stereocenters. The smallest absolute Gasteiger partial charge is 0.317 e. The van der Waals surface area contributed by atoms with Crippen molar-refractivity contribution >= 4 is 22.1 Å². The first-order valence-corrected chi connectivity index (χ1v) is 12.6. The number of carboxylic acids is 2. The Morgan fingerprint density at radius 1 is 0.892 bits per heavy atom. The molecule has 1 aliphatic rings. The number of aryl methyl sites for hydroxylation is 2. The molecule has 0 radical (unpaired) electrons. The predicted molar refractivity (Wildman–Crippen MR) is 131 cm³/mol. The summed E-state index contributed by atoms with van der Waals surface area (Å²) < 4.78 is 32.2. The SMILES string of the molecule is Cc1cc(C2(c3cc(C)c(O)c(CN(CC(=O)O)CC(=O)O)c3)OS(=O)(=O)c3ccccc32)ccc1O. The number of hydrogen-bond acceptors (Lipinski definition) is 8. The van der Waals surface area contributed by atoms with Gasteiger partial charge in [0.15, 0.2) is 5.60 Å². The molecule has 1 heterocycles. The highest BCUT2D eigenvalue weighted by Gasteiger charge is 2.51. The van der Waals surface area contributed by atoms with Gasteiger partial charge in [0.25, 0.3) is 10.1 Å². The van der Waals surface area contributed by atoms with E-state index in [-0.39, 0.29) is 28.5 Å². The van der Waals surface area contributed by atoms with Gasteiger partial charge in [0.05, 0.1) is 13.1 Å². The normalized spacial score (nSPS) is 18.0. The second-order valence-corrected chi connectivity index (χ2v) is 10.5. The van der Waals surface area contributed by atoms with Gasteiger partial charge in [0.2, 0.25) is 0 Å². The first-order valence-electron chi connectivity index (χ1n) is 11.2. The maximum Gasteiger partial charge on any atom is 0.317 e. The van der Waals surface area contributed by atoms with Crippen molar-refractivity contribution in [1.82, 2.24) is 4.90 Å². The molecular formula is C26H25NO9S. The molecule has 194 valence electrons. The lowest BCUT2D eigenvalue weighted by molar-refractivity contribution is -0.142. The molecule has 0 fully saturated rings. The number of fused-ring (bicyclic) bond motifs is 1. The minimum atomic E-state index is -4.21. The van der Waals surface area contributed by atoms with Gasteiger partial charge in [0, 0.05) is 17.7 Å². The van der Waals surface area contributed by atoms with Gasteiger partial charge in [-0.3, -0.25) is 14.5 Å². The number of hydrogen-bond donors (Lipinski definition) is 4. The lowest BCUT2D eigenvalue weighted by Crippen LogP contribution is -2.34. The second kappa shape index (κ2) is 9.51. The lowest BCUT2D eigenvalue weighted by Gasteiger charge is -2.31. The van der Waals surface area contributed by atoms with Crippen LogP contribution in [0.4, 0.5) is 0 Å². The topological polar surface area (TPSA) is 162 Å². The minimum absolute atomic E-state index is 0.00796. The Hall–Kier alpha value is -3.93. The maximum atomic E-state index is 13.2. The van der Waals surface area contributed by atoms with E-state index in [1.807, 2.05) is 0 Å². The third-order valence-corrected chi connectivity index (χ3v) is 7.64. The first-order chi connectivity index (χ1) is 17.3. The number of carboxylic acid groups (broad SMARTS) is 2. The number of benzene rings is 3. The molecule has 0 saturated heterocycles. The quantitative estimate of drug-likeness (QED) is 0.321. The van der Waals surface area contributed by atoms with Crippen LogP contribution in [0.5, 0.6) is 11.5 Å². The van der Waals surface area contributed by atoms with Crippen molar-refractivity contribution in [2.75, 3.05) is 13.1 Å². The van der Waals surface area contributed by atoms with Gasteiger partial charge in [-0.1, -0.05) is 24.3 Å². The van der Waals surface area contributed by atoms with Crippen molar-refractivity contribution in [3.05, 3.63) is 88.0 Å². The van der Waals surface area contributed by atoms with Gasteiger partial charge < -0.3 is 20.4 Å². The van der Waals surface area contributed by atoms with E-state index in [2.05, 4.69) is 0 Å². The Labute approximate surface area is 213 Å². The van der Waals surface area contributed by atoms with Crippen molar-refractivity contribution in [1.29, 1.82) is 0 Å². The number of aliphatic carboxylic acids is 2. The zero-order valence-electron chi connectivity index (χ0n) is 20.0. The van der Waals surface area contributed by atoms with Crippen LogP contribution in [0.1, 0.15) is 33.4 Å². The van der Waals surface area contributed by atoms with E-state index in [0.717, 1.165) is 4.90 Å². The Balaban J connectivity index is 1.98. The second-order valence-electron chi connectivity index (χ2n) is 8.95. The summed E-state index contributed by atoms with van der Waals surface area (Å²) in [5.41, 5.74) is 0.375. The van der Waals surface area contributed by atoms with Crippen molar-refractivity contribution in [2.24, 2.45) is 0 Å². The van der Waals surface area contributed by atoms with Gasteiger partial charge in [-0.05, 0) is 66.4 Å². The van der Waals surface area contributed by atoms with Crippen molar-refractivity contribution in [3.63, 3.8) is 0 Å². The molecule has 11 heteroatoms. The van der Waals surface area contributed by atoms with Gasteiger partial charge in [-0.25, -0.2) is 4.18 Å². The highest BCUT2D eigenvalue weighted by molar-refractivity contribution is 7.87. The molecule has 0 amide bonds. The molecule has 1 unspecified atom stereocenters. The van der Waals surface area contributed by atoms with E-state index in [4.69, 9.17) is 4.18 Å².